The van der Waals surface area contributed by atoms with Gasteiger partial charge in [0.15, 0.2) is 0 Å². The monoisotopic (exact) mass is 276 g/mol. The number of carboxylic acid groups (broad SMARTS) is 1. The first-order chi connectivity index (χ1) is 7.99. The molecule has 0 radical (unpaired) electrons. The molecule has 1 heterocycles. The molecule has 8 heteroatoms. The molecular formula is C9H10Cl2N4O2. The Morgan fingerprint density at radius 2 is 1.88 bits per heavy atom. The van der Waals surface area contributed by atoms with Gasteiger partial charge in [-0.15, -0.1) is 0 Å². The highest BCUT2D eigenvalue weighted by molar-refractivity contribution is 6.31. The zero-order valence-electron chi connectivity index (χ0n) is 8.78. The van der Waals surface area contributed by atoms with Crippen molar-refractivity contribution in [2.75, 3.05) is 11.9 Å². The van der Waals surface area contributed by atoms with Crippen LogP contribution < -0.4 is 5.32 Å². The molecule has 0 bridgehead atoms. The van der Waals surface area contributed by atoms with Gasteiger partial charge in [-0.3, -0.25) is 0 Å². The number of halogens is 2. The molecule has 92 valence electrons. The number of aliphatic carboxylic acids is 1. The van der Waals surface area contributed by atoms with Gasteiger partial charge in [0, 0.05) is 12.1 Å². The van der Waals surface area contributed by atoms with E-state index in [1.54, 1.807) is 0 Å². The molecule has 1 aromatic rings. The Hall–Kier alpha value is -1.40. The van der Waals surface area contributed by atoms with E-state index in [1.165, 1.54) is 0 Å². The Labute approximate surface area is 108 Å². The summed E-state index contributed by atoms with van der Waals surface area (Å²) in [5.41, 5.74) is 0.165. The molecule has 2 N–H and O–H groups in total. The van der Waals surface area contributed by atoms with Crippen LogP contribution in [-0.4, -0.2) is 32.6 Å². The first-order valence-corrected chi connectivity index (χ1v) is 5.46. The highest BCUT2D eigenvalue weighted by Gasteiger charge is 2.04. The minimum absolute atomic E-state index is 0.00226. The smallest absolute Gasteiger partial charge is 0.330 e. The van der Waals surface area contributed by atoms with Crippen LogP contribution in [0.15, 0.2) is 12.2 Å². The van der Waals surface area contributed by atoms with Gasteiger partial charge in [0.05, 0.1) is 0 Å². The molecule has 1 aromatic heterocycles. The van der Waals surface area contributed by atoms with Crippen LogP contribution >= 0.6 is 23.2 Å². The van der Waals surface area contributed by atoms with Crippen molar-refractivity contribution in [3.63, 3.8) is 0 Å². The summed E-state index contributed by atoms with van der Waals surface area (Å²) in [6, 6.07) is 0. The average Bonchev–Trinajstić information content (AvgIpc) is 2.22. The van der Waals surface area contributed by atoms with E-state index in [2.05, 4.69) is 26.8 Å². The maximum Gasteiger partial charge on any atom is 0.330 e. The number of anilines is 1. The largest absolute Gasteiger partial charge is 0.478 e. The molecule has 0 fully saturated rings. The van der Waals surface area contributed by atoms with Gasteiger partial charge in [0.1, 0.15) is 0 Å². The second-order valence-electron chi connectivity index (χ2n) is 3.14. The van der Waals surface area contributed by atoms with Gasteiger partial charge in [-0.25, -0.2) is 4.79 Å². The predicted molar refractivity (Wildman–Crippen MR) is 64.3 cm³/mol. The quantitative estimate of drug-likeness (QED) is 0.610. The number of carbonyl (C=O) groups is 1. The van der Waals surface area contributed by atoms with E-state index >= 15 is 0 Å². The molecule has 17 heavy (non-hydrogen) atoms. The minimum Gasteiger partial charge on any atom is -0.478 e. The van der Waals surface area contributed by atoms with Crippen LogP contribution in [0.4, 0.5) is 5.95 Å². The number of nitrogens with one attached hydrogen (secondary N) is 1. The van der Waals surface area contributed by atoms with Gasteiger partial charge in [0.25, 0.3) is 0 Å². The number of rotatable bonds is 6. The fourth-order valence-electron chi connectivity index (χ4n) is 1.01. The van der Waals surface area contributed by atoms with E-state index < -0.39 is 5.97 Å². The number of carboxylic acids is 1. The molecule has 0 aliphatic rings. The summed E-state index contributed by atoms with van der Waals surface area (Å²) in [5.74, 6) is -0.729. The summed E-state index contributed by atoms with van der Waals surface area (Å²) in [7, 11) is 0. The maximum absolute atomic E-state index is 10.5. The Balaban J connectivity index is 2.36. The second kappa shape index (κ2) is 6.36. The lowest BCUT2D eigenvalue weighted by atomic mass is 10.2. The van der Waals surface area contributed by atoms with Crippen LogP contribution in [0.25, 0.3) is 0 Å². The standard InChI is InChI=1S/C9H10Cl2N4O2/c1-5(6(16)17)3-2-4-12-9-14-7(10)13-8(11)15-9/h1-4H2,(H,16,17)(H,12,13,14,15). The van der Waals surface area contributed by atoms with Crippen molar-refractivity contribution < 1.29 is 9.90 Å². The third-order valence-electron chi connectivity index (χ3n) is 1.82. The van der Waals surface area contributed by atoms with Crippen LogP contribution in [0.5, 0.6) is 0 Å². The van der Waals surface area contributed by atoms with Crippen molar-refractivity contribution in [3.8, 4) is 0 Å². The van der Waals surface area contributed by atoms with Crippen molar-refractivity contribution in [3.05, 3.63) is 22.7 Å². The number of hydrogen-bond acceptors (Lipinski definition) is 5. The summed E-state index contributed by atoms with van der Waals surface area (Å²) in [4.78, 5) is 21.6. The van der Waals surface area contributed by atoms with Crippen LogP contribution in [0.3, 0.4) is 0 Å². The van der Waals surface area contributed by atoms with Crippen molar-refractivity contribution in [1.29, 1.82) is 0 Å². The molecule has 0 aliphatic heterocycles. The van der Waals surface area contributed by atoms with E-state index in [0.717, 1.165) is 0 Å². The molecule has 0 aromatic carbocycles. The van der Waals surface area contributed by atoms with Crippen molar-refractivity contribution >= 4 is 35.1 Å². The zero-order chi connectivity index (χ0) is 12.8. The number of aromatic nitrogens is 3. The topological polar surface area (TPSA) is 88.0 Å². The van der Waals surface area contributed by atoms with Crippen molar-refractivity contribution in [2.45, 2.75) is 12.8 Å². The van der Waals surface area contributed by atoms with Gasteiger partial charge >= 0.3 is 5.97 Å². The summed E-state index contributed by atoms with van der Waals surface area (Å²) in [6.45, 7) is 3.91. The zero-order valence-corrected chi connectivity index (χ0v) is 10.3. The molecule has 0 aliphatic carbocycles. The van der Waals surface area contributed by atoms with Crippen LogP contribution in [0, 0.1) is 0 Å². The van der Waals surface area contributed by atoms with Gasteiger partial charge in [-0.1, -0.05) is 6.58 Å². The van der Waals surface area contributed by atoms with Crippen LogP contribution in [0.2, 0.25) is 10.6 Å². The molecule has 0 unspecified atom stereocenters. The molecule has 0 saturated carbocycles. The SMILES string of the molecule is C=C(CCCNc1nc(Cl)nc(Cl)n1)C(=O)O. The first-order valence-electron chi connectivity index (χ1n) is 4.71. The highest BCUT2D eigenvalue weighted by atomic mass is 35.5. The third kappa shape index (κ3) is 4.97. The second-order valence-corrected chi connectivity index (χ2v) is 3.81. The highest BCUT2D eigenvalue weighted by Crippen LogP contribution is 2.10. The van der Waals surface area contributed by atoms with Gasteiger partial charge in [-0.2, -0.15) is 15.0 Å². The fourth-order valence-corrected chi connectivity index (χ4v) is 1.38. The summed E-state index contributed by atoms with van der Waals surface area (Å²) in [5, 5.41) is 11.4. The molecule has 6 nitrogen and oxygen atoms in total. The van der Waals surface area contributed by atoms with Crippen molar-refractivity contribution in [2.24, 2.45) is 0 Å². The molecule has 1 rings (SSSR count). The number of nitrogens with zero attached hydrogens (tertiary/aromatic N) is 3. The predicted octanol–water partition coefficient (Wildman–Crippen LogP) is 2.01. The molecule has 0 spiro atoms. The lowest BCUT2D eigenvalue weighted by Gasteiger charge is -2.04. The first kappa shape index (κ1) is 13.7. The lowest BCUT2D eigenvalue weighted by Crippen LogP contribution is -2.08. The fraction of sp³-hybridized carbons (Fsp3) is 0.333. The summed E-state index contributed by atoms with van der Waals surface area (Å²) in [6.07, 6.45) is 0.973. The van der Waals surface area contributed by atoms with E-state index in [0.29, 0.717) is 19.4 Å². The van der Waals surface area contributed by atoms with E-state index in [1.807, 2.05) is 0 Å². The van der Waals surface area contributed by atoms with Crippen molar-refractivity contribution in [1.82, 2.24) is 15.0 Å². The summed E-state index contributed by atoms with van der Waals surface area (Å²) < 4.78 is 0. The normalized spacial score (nSPS) is 10.0. The molecule has 0 amide bonds. The van der Waals surface area contributed by atoms with Gasteiger partial charge < -0.3 is 10.4 Å². The third-order valence-corrected chi connectivity index (χ3v) is 2.16. The Bertz CT molecular complexity index is 419. The Morgan fingerprint density at radius 1 is 1.29 bits per heavy atom. The molecule has 0 saturated heterocycles. The van der Waals surface area contributed by atoms with Crippen LogP contribution in [-0.2, 0) is 4.79 Å². The Morgan fingerprint density at radius 3 is 2.41 bits per heavy atom. The molecule has 0 atom stereocenters. The maximum atomic E-state index is 10.5. The number of hydrogen-bond donors (Lipinski definition) is 2. The summed E-state index contributed by atoms with van der Waals surface area (Å²) >= 11 is 11.2. The Kier molecular flexibility index (Phi) is 5.11. The van der Waals surface area contributed by atoms with E-state index in [-0.39, 0.29) is 22.1 Å². The van der Waals surface area contributed by atoms with E-state index in [4.69, 9.17) is 28.3 Å². The van der Waals surface area contributed by atoms with Gasteiger partial charge in [-0.05, 0) is 36.0 Å². The van der Waals surface area contributed by atoms with Gasteiger partial charge in [0.2, 0.25) is 16.5 Å². The molecular weight excluding hydrogens is 267 g/mol. The lowest BCUT2D eigenvalue weighted by molar-refractivity contribution is -0.132. The average molecular weight is 277 g/mol. The van der Waals surface area contributed by atoms with E-state index in [9.17, 15) is 4.79 Å². The minimum atomic E-state index is -0.990. The van der Waals surface area contributed by atoms with Crippen LogP contribution in [0.1, 0.15) is 12.8 Å².